The molecule has 1 aliphatic carbocycles. The Morgan fingerprint density at radius 1 is 0.564 bits per heavy atom. The number of benzene rings is 7. The molecule has 1 aliphatic rings. The summed E-state index contributed by atoms with van der Waals surface area (Å²) in [5.41, 5.74) is 16.8. The number of hydrogen-bond donors (Lipinski definition) is 1. The number of allylic oxidation sites excluding steroid dienone is 4. The number of furan rings is 1. The van der Waals surface area contributed by atoms with Crippen LogP contribution in [0, 0.1) is 13.8 Å². The van der Waals surface area contributed by atoms with Crippen molar-refractivity contribution in [3.63, 3.8) is 0 Å². The Balaban J connectivity index is 0.000000160. The molecule has 2 nitrogen and oxygen atoms in total. The molecule has 0 bridgehead atoms. The first-order valence-corrected chi connectivity index (χ1v) is 19.3. The number of fused-ring (bicyclic) bond motifs is 3. The number of para-hydroxylation sites is 2. The number of nitrogens with one attached hydrogen (secondary N) is 1. The van der Waals surface area contributed by atoms with Crippen LogP contribution in [0.1, 0.15) is 54.5 Å². The highest BCUT2D eigenvalue weighted by molar-refractivity contribution is 6.07. The van der Waals surface area contributed by atoms with Crippen LogP contribution in [0.25, 0.3) is 49.8 Å². The third-order valence-corrected chi connectivity index (χ3v) is 10.9. The van der Waals surface area contributed by atoms with E-state index in [1.54, 1.807) is 0 Å². The Hall–Kier alpha value is -6.38. The third-order valence-electron chi connectivity index (χ3n) is 10.9. The molecule has 0 radical (unpaired) electrons. The minimum absolute atomic E-state index is 0.0529. The van der Waals surface area contributed by atoms with Crippen molar-refractivity contribution in [3.8, 4) is 22.3 Å². The first kappa shape index (κ1) is 35.6. The van der Waals surface area contributed by atoms with E-state index in [2.05, 4.69) is 197 Å². The van der Waals surface area contributed by atoms with Crippen LogP contribution in [-0.4, -0.2) is 0 Å². The van der Waals surface area contributed by atoms with Crippen molar-refractivity contribution in [2.24, 2.45) is 0 Å². The average molecular weight is 714 g/mol. The number of aryl methyl sites for hydroxylation is 2. The van der Waals surface area contributed by atoms with E-state index in [1.165, 1.54) is 66.4 Å². The highest BCUT2D eigenvalue weighted by atomic mass is 16.3. The van der Waals surface area contributed by atoms with E-state index >= 15 is 0 Å². The molecule has 1 heterocycles. The molecule has 2 heteroatoms. The van der Waals surface area contributed by atoms with Gasteiger partial charge < -0.3 is 9.73 Å². The quantitative estimate of drug-likeness (QED) is 0.178. The summed E-state index contributed by atoms with van der Waals surface area (Å²) in [6.07, 6.45) is 9.09. The lowest BCUT2D eigenvalue weighted by molar-refractivity contribution is 0.634. The standard InChI is InChI=1S/C30H25N.C23H22O/c1-4-11-23(12-5-1)25-15-10-16-27(21-25)29-22-26(24-13-6-2-7-14-24)19-20-30(29)31-28-17-8-3-9-18-28;1-15-8-7-9-17(14-15)23(3,4)19-12-13-21-22(16(19)2)18-10-5-6-11-20(18)24-21/h2-4,6-22,31H,1,5H2;5-14H,1-4H3. The second-order valence-corrected chi connectivity index (χ2v) is 15.0. The van der Waals surface area contributed by atoms with Gasteiger partial charge in [-0.25, -0.2) is 0 Å². The molecule has 7 aromatic carbocycles. The van der Waals surface area contributed by atoms with Crippen LogP contribution in [0.2, 0.25) is 0 Å². The summed E-state index contributed by atoms with van der Waals surface area (Å²) in [6, 6.07) is 57.9. The zero-order valence-electron chi connectivity index (χ0n) is 32.1. The fourth-order valence-corrected chi connectivity index (χ4v) is 7.93. The summed E-state index contributed by atoms with van der Waals surface area (Å²) in [4.78, 5) is 0. The van der Waals surface area contributed by atoms with Crippen LogP contribution < -0.4 is 5.32 Å². The van der Waals surface area contributed by atoms with Gasteiger partial charge in [-0.15, -0.1) is 0 Å². The van der Waals surface area contributed by atoms with Crippen LogP contribution in [-0.2, 0) is 5.41 Å². The molecule has 0 unspecified atom stereocenters. The van der Waals surface area contributed by atoms with Crippen molar-refractivity contribution >= 4 is 38.9 Å². The highest BCUT2D eigenvalue weighted by Gasteiger charge is 2.27. The van der Waals surface area contributed by atoms with Gasteiger partial charge in [-0.2, -0.15) is 0 Å². The molecule has 270 valence electrons. The van der Waals surface area contributed by atoms with Gasteiger partial charge in [0.15, 0.2) is 0 Å². The number of rotatable bonds is 7. The average Bonchev–Trinajstić information content (AvgIpc) is 3.62. The van der Waals surface area contributed by atoms with Crippen LogP contribution in [0.3, 0.4) is 0 Å². The molecule has 1 N–H and O–H groups in total. The molecule has 0 saturated carbocycles. The van der Waals surface area contributed by atoms with Gasteiger partial charge in [0.2, 0.25) is 0 Å². The minimum Gasteiger partial charge on any atom is -0.456 e. The summed E-state index contributed by atoms with van der Waals surface area (Å²) in [5, 5.41) is 6.06. The summed E-state index contributed by atoms with van der Waals surface area (Å²) >= 11 is 0. The second-order valence-electron chi connectivity index (χ2n) is 15.0. The van der Waals surface area contributed by atoms with Gasteiger partial charge in [-0.3, -0.25) is 0 Å². The molecule has 0 aliphatic heterocycles. The van der Waals surface area contributed by atoms with E-state index in [4.69, 9.17) is 4.42 Å². The fourth-order valence-electron chi connectivity index (χ4n) is 7.93. The van der Waals surface area contributed by atoms with Crippen LogP contribution in [0.15, 0.2) is 186 Å². The van der Waals surface area contributed by atoms with Crippen molar-refractivity contribution in [1.29, 1.82) is 0 Å². The monoisotopic (exact) mass is 713 g/mol. The lowest BCUT2D eigenvalue weighted by Crippen LogP contribution is -2.20. The topological polar surface area (TPSA) is 25.2 Å². The van der Waals surface area contributed by atoms with Crippen molar-refractivity contribution in [2.45, 2.75) is 46.0 Å². The number of anilines is 2. The first-order chi connectivity index (χ1) is 26.8. The van der Waals surface area contributed by atoms with Crippen molar-refractivity contribution in [2.75, 3.05) is 5.32 Å². The lowest BCUT2D eigenvalue weighted by Gasteiger charge is -2.28. The van der Waals surface area contributed by atoms with Crippen molar-refractivity contribution in [3.05, 3.63) is 210 Å². The van der Waals surface area contributed by atoms with Gasteiger partial charge in [0, 0.05) is 33.1 Å². The maximum Gasteiger partial charge on any atom is 0.135 e. The predicted octanol–water partition coefficient (Wildman–Crippen LogP) is 15.0. The summed E-state index contributed by atoms with van der Waals surface area (Å²) in [5.74, 6) is 0. The van der Waals surface area contributed by atoms with E-state index in [0.717, 1.165) is 35.4 Å². The molecule has 0 saturated heterocycles. The molecule has 9 rings (SSSR count). The van der Waals surface area contributed by atoms with E-state index in [0.29, 0.717) is 0 Å². The molecule has 55 heavy (non-hydrogen) atoms. The predicted molar refractivity (Wildman–Crippen MR) is 235 cm³/mol. The van der Waals surface area contributed by atoms with Gasteiger partial charge in [0.25, 0.3) is 0 Å². The van der Waals surface area contributed by atoms with Crippen LogP contribution in [0.5, 0.6) is 0 Å². The molecule has 0 atom stereocenters. The third kappa shape index (κ3) is 7.54. The maximum absolute atomic E-state index is 6.03. The second kappa shape index (κ2) is 15.5. The maximum atomic E-state index is 6.03. The van der Waals surface area contributed by atoms with Gasteiger partial charge in [0.1, 0.15) is 11.2 Å². The van der Waals surface area contributed by atoms with E-state index in [9.17, 15) is 0 Å². The van der Waals surface area contributed by atoms with E-state index < -0.39 is 0 Å². The molecule has 8 aromatic rings. The van der Waals surface area contributed by atoms with Crippen LogP contribution >= 0.6 is 0 Å². The molecule has 0 fully saturated rings. The Morgan fingerprint density at radius 2 is 1.29 bits per heavy atom. The molecule has 0 spiro atoms. The Labute approximate surface area is 325 Å². The van der Waals surface area contributed by atoms with Gasteiger partial charge in [-0.1, -0.05) is 159 Å². The number of hydrogen-bond acceptors (Lipinski definition) is 2. The summed E-state index contributed by atoms with van der Waals surface area (Å²) in [7, 11) is 0. The SMILES string of the molecule is C1=CC(c2cccc(-c3cc(-c4ccccc4)ccc3Nc3ccccc3)c2)=CCC1.Cc1cccc(C(C)(C)c2ccc3oc4ccccc4c3c2C)c1. The molecule has 1 aromatic heterocycles. The largest absolute Gasteiger partial charge is 0.456 e. The molecular weight excluding hydrogens is 667 g/mol. The van der Waals surface area contributed by atoms with Gasteiger partial charge >= 0.3 is 0 Å². The van der Waals surface area contributed by atoms with Gasteiger partial charge in [-0.05, 0) is 114 Å². The normalized spacial score (nSPS) is 12.6. The zero-order valence-corrected chi connectivity index (χ0v) is 32.1. The summed E-state index contributed by atoms with van der Waals surface area (Å²) in [6.45, 7) is 8.98. The first-order valence-electron chi connectivity index (χ1n) is 19.3. The van der Waals surface area contributed by atoms with Crippen LogP contribution in [0.4, 0.5) is 11.4 Å². The van der Waals surface area contributed by atoms with Gasteiger partial charge in [0.05, 0.1) is 0 Å². The fraction of sp³-hybridized carbons (Fsp3) is 0.132. The van der Waals surface area contributed by atoms with E-state index in [1.807, 2.05) is 18.2 Å². The highest BCUT2D eigenvalue weighted by Crippen LogP contribution is 2.40. The van der Waals surface area contributed by atoms with Crippen molar-refractivity contribution < 1.29 is 4.42 Å². The molecular formula is C53H47NO. The smallest absolute Gasteiger partial charge is 0.135 e. The lowest BCUT2D eigenvalue weighted by atomic mass is 9.75. The summed E-state index contributed by atoms with van der Waals surface area (Å²) < 4.78 is 6.03. The Bertz CT molecular complexity index is 2660. The Kier molecular flexibility index (Phi) is 10.1. The van der Waals surface area contributed by atoms with Crippen molar-refractivity contribution in [1.82, 2.24) is 0 Å². The molecule has 0 amide bonds. The Morgan fingerprint density at radius 3 is 2.07 bits per heavy atom. The minimum atomic E-state index is -0.0529. The zero-order chi connectivity index (χ0) is 37.8. The van der Waals surface area contributed by atoms with E-state index in [-0.39, 0.29) is 5.41 Å².